The van der Waals surface area contributed by atoms with Crippen LogP contribution in [0, 0.1) is 6.92 Å². The summed E-state index contributed by atoms with van der Waals surface area (Å²) in [7, 11) is 3.31. The van der Waals surface area contributed by atoms with Gasteiger partial charge in [-0.15, -0.1) is 0 Å². The first-order valence-electron chi connectivity index (χ1n) is 8.57. The third-order valence-corrected chi connectivity index (χ3v) is 5.09. The van der Waals surface area contributed by atoms with Gasteiger partial charge in [-0.1, -0.05) is 35.9 Å². The van der Waals surface area contributed by atoms with Gasteiger partial charge in [-0.05, 0) is 24.1 Å². The van der Waals surface area contributed by atoms with E-state index < -0.39 is 0 Å². The van der Waals surface area contributed by atoms with E-state index in [1.54, 1.807) is 14.2 Å². The van der Waals surface area contributed by atoms with Crippen LogP contribution in [0.25, 0.3) is 0 Å². The average molecular weight is 361 g/mol. The summed E-state index contributed by atoms with van der Waals surface area (Å²) in [5.74, 6) is 1.43. The van der Waals surface area contributed by atoms with Gasteiger partial charge in [0, 0.05) is 37.8 Å². The van der Waals surface area contributed by atoms with Gasteiger partial charge in [0.15, 0.2) is 0 Å². The smallest absolute Gasteiger partial charge is 0.141 e. The van der Waals surface area contributed by atoms with Crippen LogP contribution in [0.5, 0.6) is 11.5 Å². The molecule has 25 heavy (non-hydrogen) atoms. The van der Waals surface area contributed by atoms with Crippen LogP contribution in [-0.2, 0) is 0 Å². The highest BCUT2D eigenvalue weighted by Gasteiger charge is 2.28. The molecule has 0 aliphatic carbocycles. The van der Waals surface area contributed by atoms with E-state index in [1.165, 1.54) is 11.1 Å². The Morgan fingerprint density at radius 2 is 1.68 bits per heavy atom. The lowest BCUT2D eigenvalue weighted by atomic mass is 9.92. The minimum absolute atomic E-state index is 0.0988. The first-order valence-corrected chi connectivity index (χ1v) is 8.95. The largest absolute Gasteiger partial charge is 0.496 e. The summed E-state index contributed by atoms with van der Waals surface area (Å²) >= 11 is 6.46. The van der Waals surface area contributed by atoms with Crippen molar-refractivity contribution in [3.8, 4) is 11.5 Å². The molecule has 1 unspecified atom stereocenters. The molecule has 0 spiro atoms. The maximum atomic E-state index is 6.46. The highest BCUT2D eigenvalue weighted by Crippen LogP contribution is 2.41. The molecule has 1 saturated heterocycles. The van der Waals surface area contributed by atoms with Gasteiger partial charge in [0.25, 0.3) is 0 Å². The second-order valence-corrected chi connectivity index (χ2v) is 6.68. The van der Waals surface area contributed by atoms with E-state index >= 15 is 0 Å². The summed E-state index contributed by atoms with van der Waals surface area (Å²) in [5, 5.41) is 4.03. The van der Waals surface area contributed by atoms with Crippen molar-refractivity contribution < 1.29 is 9.47 Å². The molecule has 0 aromatic heterocycles. The van der Waals surface area contributed by atoms with Crippen LogP contribution < -0.4 is 14.8 Å². The summed E-state index contributed by atoms with van der Waals surface area (Å²) < 4.78 is 11.1. The zero-order chi connectivity index (χ0) is 17.8. The fourth-order valence-electron chi connectivity index (χ4n) is 3.49. The lowest BCUT2D eigenvalue weighted by Crippen LogP contribution is -2.45. The number of nitrogens with one attached hydrogen (secondary N) is 1. The van der Waals surface area contributed by atoms with Gasteiger partial charge in [-0.25, -0.2) is 0 Å². The van der Waals surface area contributed by atoms with Gasteiger partial charge in [-0.3, -0.25) is 4.90 Å². The van der Waals surface area contributed by atoms with Crippen molar-refractivity contribution in [2.75, 3.05) is 40.4 Å². The van der Waals surface area contributed by atoms with E-state index in [1.807, 2.05) is 12.1 Å². The normalized spacial score (nSPS) is 16.5. The molecule has 0 bridgehead atoms. The van der Waals surface area contributed by atoms with Crippen molar-refractivity contribution >= 4 is 11.6 Å². The molecule has 5 heteroatoms. The van der Waals surface area contributed by atoms with E-state index in [4.69, 9.17) is 21.1 Å². The SMILES string of the molecule is COc1cc(OC)c(C(c2ccccc2C)N2CCNCC2)cc1Cl. The lowest BCUT2D eigenvalue weighted by molar-refractivity contribution is 0.195. The highest BCUT2D eigenvalue weighted by atomic mass is 35.5. The van der Waals surface area contributed by atoms with Crippen molar-refractivity contribution in [1.29, 1.82) is 0 Å². The molecular weight excluding hydrogens is 336 g/mol. The summed E-state index contributed by atoms with van der Waals surface area (Å²) in [6, 6.07) is 12.5. The minimum Gasteiger partial charge on any atom is -0.496 e. The number of methoxy groups -OCH3 is 2. The van der Waals surface area contributed by atoms with E-state index in [0.29, 0.717) is 10.8 Å². The van der Waals surface area contributed by atoms with E-state index in [2.05, 4.69) is 41.4 Å². The van der Waals surface area contributed by atoms with Crippen LogP contribution in [0.4, 0.5) is 0 Å². The molecular formula is C20H25ClN2O2. The molecule has 1 aliphatic rings. The van der Waals surface area contributed by atoms with Gasteiger partial charge in [-0.2, -0.15) is 0 Å². The quantitative estimate of drug-likeness (QED) is 0.882. The molecule has 1 heterocycles. The standard InChI is InChI=1S/C20H25ClN2O2/c1-14-6-4-5-7-15(14)20(23-10-8-22-9-11-23)16-12-17(21)19(25-3)13-18(16)24-2/h4-7,12-13,20,22H,8-11H2,1-3H3. The number of hydrogen-bond donors (Lipinski definition) is 1. The third-order valence-electron chi connectivity index (χ3n) is 4.80. The molecule has 4 nitrogen and oxygen atoms in total. The van der Waals surface area contributed by atoms with Crippen molar-refractivity contribution in [3.63, 3.8) is 0 Å². The van der Waals surface area contributed by atoms with Crippen LogP contribution in [0.2, 0.25) is 5.02 Å². The number of nitrogens with zero attached hydrogens (tertiary/aromatic N) is 1. The fourth-order valence-corrected chi connectivity index (χ4v) is 3.74. The molecule has 0 radical (unpaired) electrons. The van der Waals surface area contributed by atoms with Crippen molar-refractivity contribution in [2.24, 2.45) is 0 Å². The van der Waals surface area contributed by atoms with Gasteiger partial charge in [0.2, 0.25) is 0 Å². The Morgan fingerprint density at radius 3 is 2.32 bits per heavy atom. The Bertz CT molecular complexity index is 730. The Kier molecular flexibility index (Phi) is 5.84. The number of aryl methyl sites for hydroxylation is 1. The number of benzene rings is 2. The van der Waals surface area contributed by atoms with Crippen LogP contribution in [0.3, 0.4) is 0 Å². The van der Waals surface area contributed by atoms with Gasteiger partial charge >= 0.3 is 0 Å². The molecule has 0 saturated carbocycles. The van der Waals surface area contributed by atoms with Crippen LogP contribution in [0.1, 0.15) is 22.7 Å². The maximum Gasteiger partial charge on any atom is 0.141 e. The Labute approximate surface area is 154 Å². The molecule has 1 fully saturated rings. The molecule has 1 atom stereocenters. The second-order valence-electron chi connectivity index (χ2n) is 6.27. The van der Waals surface area contributed by atoms with E-state index in [0.717, 1.165) is 37.5 Å². The van der Waals surface area contributed by atoms with Crippen molar-refractivity contribution in [2.45, 2.75) is 13.0 Å². The first-order chi connectivity index (χ1) is 12.2. The summed E-state index contributed by atoms with van der Waals surface area (Å²) in [6.07, 6.45) is 0. The number of ether oxygens (including phenoxy) is 2. The first kappa shape index (κ1) is 18.1. The van der Waals surface area contributed by atoms with Gasteiger partial charge in [0.05, 0.1) is 25.3 Å². The van der Waals surface area contributed by atoms with Crippen molar-refractivity contribution in [3.05, 3.63) is 58.1 Å². The summed E-state index contributed by atoms with van der Waals surface area (Å²) in [5.41, 5.74) is 3.62. The molecule has 2 aromatic rings. The molecule has 1 N–H and O–H groups in total. The topological polar surface area (TPSA) is 33.7 Å². The summed E-state index contributed by atoms with van der Waals surface area (Å²) in [6.45, 7) is 6.07. The predicted octanol–water partition coefficient (Wildman–Crippen LogP) is 3.66. The number of piperazine rings is 1. The molecule has 134 valence electrons. The Balaban J connectivity index is 2.14. The molecule has 1 aliphatic heterocycles. The maximum absolute atomic E-state index is 6.46. The predicted molar refractivity (Wildman–Crippen MR) is 102 cm³/mol. The number of hydrogen-bond acceptors (Lipinski definition) is 4. The monoisotopic (exact) mass is 360 g/mol. The zero-order valence-electron chi connectivity index (χ0n) is 15.0. The summed E-state index contributed by atoms with van der Waals surface area (Å²) in [4.78, 5) is 2.49. The minimum atomic E-state index is 0.0988. The second kappa shape index (κ2) is 8.09. The van der Waals surface area contributed by atoms with Crippen LogP contribution >= 0.6 is 11.6 Å². The Hall–Kier alpha value is -1.75. The van der Waals surface area contributed by atoms with Gasteiger partial charge in [0.1, 0.15) is 11.5 Å². The van der Waals surface area contributed by atoms with Crippen LogP contribution in [0.15, 0.2) is 36.4 Å². The van der Waals surface area contributed by atoms with E-state index in [9.17, 15) is 0 Å². The Morgan fingerprint density at radius 1 is 1.00 bits per heavy atom. The molecule has 0 amide bonds. The van der Waals surface area contributed by atoms with Gasteiger partial charge < -0.3 is 14.8 Å². The van der Waals surface area contributed by atoms with Crippen molar-refractivity contribution in [1.82, 2.24) is 10.2 Å². The highest BCUT2D eigenvalue weighted by molar-refractivity contribution is 6.32. The van der Waals surface area contributed by atoms with Crippen LogP contribution in [-0.4, -0.2) is 45.3 Å². The zero-order valence-corrected chi connectivity index (χ0v) is 15.8. The number of rotatable bonds is 5. The lowest BCUT2D eigenvalue weighted by Gasteiger charge is -2.37. The molecule has 2 aromatic carbocycles. The number of halogens is 1. The average Bonchev–Trinajstić information content (AvgIpc) is 2.64. The third kappa shape index (κ3) is 3.76. The molecule has 3 rings (SSSR count). The van der Waals surface area contributed by atoms with E-state index in [-0.39, 0.29) is 6.04 Å². The fraction of sp³-hybridized carbons (Fsp3) is 0.400.